The third-order valence-corrected chi connectivity index (χ3v) is 7.50. The Bertz CT molecular complexity index is 1360. The van der Waals surface area contributed by atoms with Gasteiger partial charge in [-0.15, -0.1) is 0 Å². The maximum atomic E-state index is 5.95. The molecule has 1 fully saturated rings. The zero-order valence-electron chi connectivity index (χ0n) is 20.3. The van der Waals surface area contributed by atoms with Crippen molar-refractivity contribution in [1.29, 1.82) is 0 Å². The molecular formula is C29H30N4S. The van der Waals surface area contributed by atoms with Gasteiger partial charge in [-0.2, -0.15) is 0 Å². The predicted molar refractivity (Wildman–Crippen MR) is 144 cm³/mol. The van der Waals surface area contributed by atoms with Gasteiger partial charge in [-0.1, -0.05) is 30.3 Å². The molecule has 0 amide bonds. The third kappa shape index (κ3) is 3.61. The van der Waals surface area contributed by atoms with Crippen LogP contribution in [0.4, 0.5) is 5.69 Å². The van der Waals surface area contributed by atoms with Gasteiger partial charge >= 0.3 is 0 Å². The second-order valence-electron chi connectivity index (χ2n) is 9.15. The molecule has 34 heavy (non-hydrogen) atoms. The Kier molecular flexibility index (Phi) is 5.74. The number of aryl methyl sites for hydroxylation is 2. The molecule has 0 saturated carbocycles. The van der Waals surface area contributed by atoms with Crippen molar-refractivity contribution in [3.63, 3.8) is 0 Å². The number of benzene rings is 2. The van der Waals surface area contributed by atoms with Crippen LogP contribution < -0.4 is 10.2 Å². The van der Waals surface area contributed by atoms with Crippen LogP contribution in [0.15, 0.2) is 72.9 Å². The molecule has 1 saturated heterocycles. The van der Waals surface area contributed by atoms with E-state index in [1.54, 1.807) is 0 Å². The van der Waals surface area contributed by atoms with Gasteiger partial charge in [0.1, 0.15) is 0 Å². The number of rotatable bonds is 4. The van der Waals surface area contributed by atoms with Gasteiger partial charge in [0.05, 0.1) is 17.8 Å². The number of para-hydroxylation sites is 1. The fourth-order valence-corrected chi connectivity index (χ4v) is 5.55. The van der Waals surface area contributed by atoms with E-state index >= 15 is 0 Å². The molecule has 5 rings (SSSR count). The molecule has 0 aliphatic carbocycles. The van der Waals surface area contributed by atoms with Crippen LogP contribution in [0.2, 0.25) is 0 Å². The number of pyridine rings is 1. The normalized spacial score (nSPS) is 17.8. The largest absolute Gasteiger partial charge is 0.351 e. The first-order chi connectivity index (χ1) is 16.4. The summed E-state index contributed by atoms with van der Waals surface area (Å²) in [7, 11) is 0. The van der Waals surface area contributed by atoms with Gasteiger partial charge < -0.3 is 14.8 Å². The Morgan fingerprint density at radius 3 is 2.21 bits per heavy atom. The van der Waals surface area contributed by atoms with Crippen LogP contribution in [0.1, 0.15) is 51.4 Å². The third-order valence-electron chi connectivity index (χ3n) is 7.18. The minimum atomic E-state index is -0.0567. The zero-order chi connectivity index (χ0) is 24.0. The Hall–Kier alpha value is -3.44. The topological polar surface area (TPSA) is 33.1 Å². The minimum Gasteiger partial charge on any atom is -0.351 e. The standard InChI is InChI=1S/C29H30N4S/c1-18-14-15-24(17-19(18)2)33-28(27(31-29(33)34)25-13-9-10-16-30-25)26-20(3)21(4)32(22(26)5)23-11-7-6-8-12-23/h6-17,27-28H,1-5H3,(H,31,34)/t27-,28+/m1/s1. The minimum absolute atomic E-state index is 0.0202. The van der Waals surface area contributed by atoms with Crippen LogP contribution in [0.25, 0.3) is 5.69 Å². The Labute approximate surface area is 207 Å². The molecule has 4 nitrogen and oxygen atoms in total. The lowest BCUT2D eigenvalue weighted by atomic mass is 9.93. The second-order valence-corrected chi connectivity index (χ2v) is 9.53. The number of nitrogens with one attached hydrogen (secondary N) is 1. The molecule has 0 spiro atoms. The maximum absolute atomic E-state index is 5.95. The summed E-state index contributed by atoms with van der Waals surface area (Å²) < 4.78 is 2.36. The second kappa shape index (κ2) is 8.73. The molecule has 5 heteroatoms. The maximum Gasteiger partial charge on any atom is 0.174 e. The smallest absolute Gasteiger partial charge is 0.174 e. The lowest BCUT2D eigenvalue weighted by molar-refractivity contribution is 0.563. The molecule has 1 aliphatic heterocycles. The number of thiocarbonyl (C=S) groups is 1. The molecule has 1 N–H and O–H groups in total. The van der Waals surface area contributed by atoms with Crippen LogP contribution in [0.3, 0.4) is 0 Å². The molecule has 172 valence electrons. The average Bonchev–Trinajstić information content (AvgIpc) is 3.29. The molecule has 1 aliphatic rings. The Balaban J connectivity index is 1.74. The van der Waals surface area contributed by atoms with Crippen molar-refractivity contribution in [3.8, 4) is 5.69 Å². The van der Waals surface area contributed by atoms with Crippen molar-refractivity contribution in [3.05, 3.63) is 112 Å². The highest BCUT2D eigenvalue weighted by atomic mass is 32.1. The number of hydrogen-bond acceptors (Lipinski definition) is 2. The highest BCUT2D eigenvalue weighted by molar-refractivity contribution is 7.80. The highest BCUT2D eigenvalue weighted by Crippen LogP contribution is 2.45. The highest BCUT2D eigenvalue weighted by Gasteiger charge is 2.43. The zero-order valence-corrected chi connectivity index (χ0v) is 21.1. The van der Waals surface area contributed by atoms with Gasteiger partial charge in [0.15, 0.2) is 5.11 Å². The molecule has 0 bridgehead atoms. The molecule has 2 aromatic heterocycles. The van der Waals surface area contributed by atoms with E-state index in [1.165, 1.54) is 39.3 Å². The SMILES string of the molecule is Cc1ccc(N2C(=S)N[C@H](c3ccccn3)[C@@H]2c2c(C)c(C)n(-c3ccccc3)c2C)cc1C. The first-order valence-corrected chi connectivity index (χ1v) is 12.1. The van der Waals surface area contributed by atoms with Crippen molar-refractivity contribution >= 4 is 23.0 Å². The lowest BCUT2D eigenvalue weighted by Gasteiger charge is -2.29. The first-order valence-electron chi connectivity index (χ1n) is 11.7. The van der Waals surface area contributed by atoms with Crippen LogP contribution in [-0.4, -0.2) is 14.7 Å². The number of anilines is 1. The van der Waals surface area contributed by atoms with Gasteiger partial charge in [0, 0.05) is 34.5 Å². The van der Waals surface area contributed by atoms with Gasteiger partial charge in [-0.25, -0.2) is 0 Å². The Morgan fingerprint density at radius 1 is 0.794 bits per heavy atom. The number of hydrogen-bond donors (Lipinski definition) is 1. The quantitative estimate of drug-likeness (QED) is 0.344. The van der Waals surface area contributed by atoms with Crippen molar-refractivity contribution < 1.29 is 0 Å². The summed E-state index contributed by atoms with van der Waals surface area (Å²) in [5.41, 5.74) is 10.9. The molecule has 2 atom stereocenters. The van der Waals surface area contributed by atoms with E-state index in [1.807, 2.05) is 18.3 Å². The van der Waals surface area contributed by atoms with Gasteiger partial charge in [-0.3, -0.25) is 4.98 Å². The fraction of sp³-hybridized carbons (Fsp3) is 0.241. The molecular weight excluding hydrogens is 436 g/mol. The molecule has 3 heterocycles. The van der Waals surface area contributed by atoms with Gasteiger partial charge in [0.2, 0.25) is 0 Å². The van der Waals surface area contributed by atoms with Crippen LogP contribution in [0, 0.1) is 34.6 Å². The van der Waals surface area contributed by atoms with Crippen molar-refractivity contribution in [2.45, 2.75) is 46.7 Å². The summed E-state index contributed by atoms with van der Waals surface area (Å²) in [6.45, 7) is 11.0. The van der Waals surface area contributed by atoms with Crippen LogP contribution in [-0.2, 0) is 0 Å². The molecule has 0 radical (unpaired) electrons. The van der Waals surface area contributed by atoms with Gasteiger partial charge in [0.25, 0.3) is 0 Å². The molecule has 2 aromatic carbocycles. The summed E-state index contributed by atoms with van der Waals surface area (Å²) in [5, 5.41) is 4.34. The van der Waals surface area contributed by atoms with E-state index in [0.717, 1.165) is 16.5 Å². The first kappa shape index (κ1) is 22.4. The van der Waals surface area contributed by atoms with E-state index in [4.69, 9.17) is 17.2 Å². The molecule has 4 aromatic rings. The van der Waals surface area contributed by atoms with Crippen LogP contribution in [0.5, 0.6) is 0 Å². The fourth-order valence-electron chi connectivity index (χ4n) is 5.21. The van der Waals surface area contributed by atoms with Crippen molar-refractivity contribution in [1.82, 2.24) is 14.9 Å². The van der Waals surface area contributed by atoms with E-state index < -0.39 is 0 Å². The monoisotopic (exact) mass is 466 g/mol. The summed E-state index contributed by atoms with van der Waals surface area (Å²) in [6, 6.07) is 23.2. The lowest BCUT2D eigenvalue weighted by Crippen LogP contribution is -2.30. The number of nitrogens with zero attached hydrogens (tertiary/aromatic N) is 3. The van der Waals surface area contributed by atoms with E-state index in [0.29, 0.717) is 0 Å². The predicted octanol–water partition coefficient (Wildman–Crippen LogP) is 6.59. The van der Waals surface area contributed by atoms with E-state index in [9.17, 15) is 0 Å². The van der Waals surface area contributed by atoms with Gasteiger partial charge in [-0.05, 0) is 99.9 Å². The van der Waals surface area contributed by atoms with E-state index in [-0.39, 0.29) is 12.1 Å². The number of aromatic nitrogens is 2. The van der Waals surface area contributed by atoms with E-state index in [2.05, 4.69) is 104 Å². The summed E-state index contributed by atoms with van der Waals surface area (Å²) in [6.07, 6.45) is 1.86. The average molecular weight is 467 g/mol. The summed E-state index contributed by atoms with van der Waals surface area (Å²) in [4.78, 5) is 7.00. The van der Waals surface area contributed by atoms with Crippen molar-refractivity contribution in [2.24, 2.45) is 0 Å². The summed E-state index contributed by atoms with van der Waals surface area (Å²) >= 11 is 5.95. The summed E-state index contributed by atoms with van der Waals surface area (Å²) in [5.74, 6) is 0. The van der Waals surface area contributed by atoms with Crippen molar-refractivity contribution in [2.75, 3.05) is 4.90 Å². The molecule has 0 unspecified atom stereocenters. The van der Waals surface area contributed by atoms with Crippen LogP contribution >= 0.6 is 12.2 Å². The Morgan fingerprint density at radius 2 is 1.53 bits per heavy atom.